The topological polar surface area (TPSA) is 58.0 Å². The van der Waals surface area contributed by atoms with Gasteiger partial charge in [-0.25, -0.2) is 9.97 Å². The molecule has 8 heteroatoms. The standard InChI is InChI=1S/C17H13ClF3N3O/c18-12-6-7-13-14(8-12)23-10-24-15(13)22-9-16(25,17(19,20)21)11-4-2-1-3-5-11/h1-8,10,25H,9H2,(H,22,23,24). The molecule has 0 saturated heterocycles. The monoisotopic (exact) mass is 367 g/mol. The number of fused-ring (bicyclic) bond motifs is 1. The highest BCUT2D eigenvalue weighted by Crippen LogP contribution is 2.39. The van der Waals surface area contributed by atoms with Gasteiger partial charge in [0.15, 0.2) is 0 Å². The summed E-state index contributed by atoms with van der Waals surface area (Å²) in [6.07, 6.45) is -3.65. The molecule has 25 heavy (non-hydrogen) atoms. The molecule has 1 atom stereocenters. The van der Waals surface area contributed by atoms with Crippen LogP contribution in [0, 0.1) is 0 Å². The summed E-state index contributed by atoms with van der Waals surface area (Å²) in [5.74, 6) is 0.181. The second kappa shape index (κ2) is 6.50. The average molecular weight is 368 g/mol. The average Bonchev–Trinajstić information content (AvgIpc) is 2.59. The zero-order valence-electron chi connectivity index (χ0n) is 12.8. The smallest absolute Gasteiger partial charge is 0.375 e. The Morgan fingerprint density at radius 2 is 1.76 bits per heavy atom. The van der Waals surface area contributed by atoms with Crippen molar-refractivity contribution in [1.82, 2.24) is 9.97 Å². The van der Waals surface area contributed by atoms with Gasteiger partial charge in [-0.2, -0.15) is 13.2 Å². The molecule has 0 bridgehead atoms. The van der Waals surface area contributed by atoms with Gasteiger partial charge in [-0.15, -0.1) is 0 Å². The van der Waals surface area contributed by atoms with Gasteiger partial charge >= 0.3 is 6.18 Å². The summed E-state index contributed by atoms with van der Waals surface area (Å²) in [5, 5.41) is 13.9. The largest absolute Gasteiger partial charge is 0.423 e. The maximum absolute atomic E-state index is 13.5. The summed E-state index contributed by atoms with van der Waals surface area (Å²) in [4.78, 5) is 8.01. The lowest BCUT2D eigenvalue weighted by molar-refractivity contribution is -0.260. The van der Waals surface area contributed by atoms with E-state index in [0.29, 0.717) is 15.9 Å². The van der Waals surface area contributed by atoms with E-state index in [1.807, 2.05) is 0 Å². The lowest BCUT2D eigenvalue weighted by Gasteiger charge is -2.31. The van der Waals surface area contributed by atoms with Crippen LogP contribution >= 0.6 is 11.6 Å². The minimum atomic E-state index is -4.87. The Kier molecular flexibility index (Phi) is 4.53. The molecule has 4 nitrogen and oxygen atoms in total. The number of alkyl halides is 3. The Morgan fingerprint density at radius 3 is 2.44 bits per heavy atom. The molecule has 1 heterocycles. The van der Waals surface area contributed by atoms with E-state index in [9.17, 15) is 18.3 Å². The van der Waals surface area contributed by atoms with Crippen LogP contribution in [0.1, 0.15) is 5.56 Å². The number of hydrogen-bond acceptors (Lipinski definition) is 4. The first-order valence-electron chi connectivity index (χ1n) is 7.30. The van der Waals surface area contributed by atoms with E-state index in [2.05, 4.69) is 15.3 Å². The third-order valence-corrected chi connectivity index (χ3v) is 4.07. The van der Waals surface area contributed by atoms with Crippen LogP contribution in [0.2, 0.25) is 5.02 Å². The molecule has 0 saturated carbocycles. The van der Waals surface area contributed by atoms with Crippen LogP contribution in [0.3, 0.4) is 0 Å². The maximum Gasteiger partial charge on any atom is 0.423 e. The van der Waals surface area contributed by atoms with Gasteiger partial charge in [-0.3, -0.25) is 0 Å². The summed E-state index contributed by atoms with van der Waals surface area (Å²) < 4.78 is 40.6. The van der Waals surface area contributed by atoms with Crippen molar-refractivity contribution >= 4 is 28.3 Å². The van der Waals surface area contributed by atoms with Crippen molar-refractivity contribution in [3.8, 4) is 0 Å². The Balaban J connectivity index is 1.95. The third-order valence-electron chi connectivity index (χ3n) is 3.83. The molecule has 1 unspecified atom stereocenters. The molecule has 3 rings (SSSR count). The number of anilines is 1. The summed E-state index contributed by atoms with van der Waals surface area (Å²) >= 11 is 5.89. The quantitative estimate of drug-likeness (QED) is 0.727. The fourth-order valence-electron chi connectivity index (χ4n) is 2.46. The molecule has 0 spiro atoms. The molecule has 2 aromatic carbocycles. The van der Waals surface area contributed by atoms with Crippen molar-refractivity contribution in [2.24, 2.45) is 0 Å². The van der Waals surface area contributed by atoms with E-state index >= 15 is 0 Å². The number of benzene rings is 2. The molecule has 0 fully saturated rings. The first kappa shape index (κ1) is 17.4. The zero-order chi connectivity index (χ0) is 18.1. The van der Waals surface area contributed by atoms with Crippen LogP contribution in [-0.4, -0.2) is 27.8 Å². The van der Waals surface area contributed by atoms with Crippen LogP contribution in [0.25, 0.3) is 10.9 Å². The van der Waals surface area contributed by atoms with Crippen molar-refractivity contribution in [2.75, 3.05) is 11.9 Å². The van der Waals surface area contributed by atoms with E-state index in [1.165, 1.54) is 30.6 Å². The first-order valence-corrected chi connectivity index (χ1v) is 7.68. The normalized spacial score (nSPS) is 14.3. The third kappa shape index (κ3) is 3.38. The van der Waals surface area contributed by atoms with Crippen molar-refractivity contribution in [1.29, 1.82) is 0 Å². The molecular formula is C17H13ClF3N3O. The van der Waals surface area contributed by atoms with Crippen molar-refractivity contribution in [3.63, 3.8) is 0 Å². The van der Waals surface area contributed by atoms with Crippen LogP contribution in [0.4, 0.5) is 19.0 Å². The second-order valence-electron chi connectivity index (χ2n) is 5.46. The number of nitrogens with zero attached hydrogens (tertiary/aromatic N) is 2. The minimum absolute atomic E-state index is 0.181. The van der Waals surface area contributed by atoms with Crippen LogP contribution in [0.5, 0.6) is 0 Å². The highest BCUT2D eigenvalue weighted by atomic mass is 35.5. The molecule has 1 aromatic heterocycles. The molecule has 0 radical (unpaired) electrons. The minimum Gasteiger partial charge on any atom is -0.375 e. The maximum atomic E-state index is 13.5. The van der Waals surface area contributed by atoms with Gasteiger partial charge in [0, 0.05) is 10.4 Å². The molecule has 2 N–H and O–H groups in total. The molecule has 0 amide bonds. The zero-order valence-corrected chi connectivity index (χ0v) is 13.5. The second-order valence-corrected chi connectivity index (χ2v) is 5.90. The van der Waals surface area contributed by atoms with Gasteiger partial charge in [0.2, 0.25) is 5.60 Å². The van der Waals surface area contributed by atoms with E-state index in [1.54, 1.807) is 24.3 Å². The molecule has 0 aliphatic rings. The summed E-state index contributed by atoms with van der Waals surface area (Å²) in [5.41, 5.74) is -2.82. The predicted molar refractivity (Wildman–Crippen MR) is 89.4 cm³/mol. The highest BCUT2D eigenvalue weighted by molar-refractivity contribution is 6.31. The van der Waals surface area contributed by atoms with Gasteiger partial charge in [0.25, 0.3) is 0 Å². The van der Waals surface area contributed by atoms with Gasteiger partial charge in [-0.1, -0.05) is 41.9 Å². The van der Waals surface area contributed by atoms with Crippen molar-refractivity contribution in [3.05, 3.63) is 65.4 Å². The number of aliphatic hydroxyl groups is 1. The molecule has 130 valence electrons. The van der Waals surface area contributed by atoms with Gasteiger partial charge in [0.1, 0.15) is 12.1 Å². The number of nitrogens with one attached hydrogen (secondary N) is 1. The summed E-state index contributed by atoms with van der Waals surface area (Å²) in [6.45, 7) is -0.796. The Labute approximate surface area is 146 Å². The molecule has 3 aromatic rings. The highest BCUT2D eigenvalue weighted by Gasteiger charge is 2.54. The number of hydrogen-bond donors (Lipinski definition) is 2. The SMILES string of the molecule is OC(CNc1ncnc2cc(Cl)ccc12)(c1ccccc1)C(F)(F)F. The fraction of sp³-hybridized carbons (Fsp3) is 0.176. The van der Waals surface area contributed by atoms with Crippen LogP contribution in [0.15, 0.2) is 54.9 Å². The van der Waals surface area contributed by atoms with Crippen LogP contribution in [-0.2, 0) is 5.60 Å². The first-order chi connectivity index (χ1) is 11.8. The van der Waals surface area contributed by atoms with Crippen LogP contribution < -0.4 is 5.32 Å². The molecule has 0 aliphatic carbocycles. The van der Waals surface area contributed by atoms with Gasteiger partial charge in [0.05, 0.1) is 12.1 Å². The molecule has 0 aliphatic heterocycles. The van der Waals surface area contributed by atoms with E-state index in [-0.39, 0.29) is 11.4 Å². The van der Waals surface area contributed by atoms with E-state index < -0.39 is 18.3 Å². The lowest BCUT2D eigenvalue weighted by Crippen LogP contribution is -2.47. The summed E-state index contributed by atoms with van der Waals surface area (Å²) in [7, 11) is 0. The van der Waals surface area contributed by atoms with Gasteiger partial charge < -0.3 is 10.4 Å². The Hall–Kier alpha value is -2.38. The van der Waals surface area contributed by atoms with Gasteiger partial charge in [-0.05, 0) is 23.8 Å². The number of halogens is 4. The fourth-order valence-corrected chi connectivity index (χ4v) is 2.63. The number of aromatic nitrogens is 2. The van der Waals surface area contributed by atoms with Crippen molar-refractivity contribution < 1.29 is 18.3 Å². The van der Waals surface area contributed by atoms with Crippen molar-refractivity contribution in [2.45, 2.75) is 11.8 Å². The Bertz CT molecular complexity index is 889. The number of rotatable bonds is 4. The molecular weight excluding hydrogens is 355 g/mol. The summed E-state index contributed by atoms with van der Waals surface area (Å²) in [6, 6.07) is 11.7. The van der Waals surface area contributed by atoms with E-state index in [4.69, 9.17) is 11.6 Å². The predicted octanol–water partition coefficient (Wildman–Crippen LogP) is 4.15. The van der Waals surface area contributed by atoms with E-state index in [0.717, 1.165) is 0 Å². The lowest BCUT2D eigenvalue weighted by atomic mass is 9.93. The Morgan fingerprint density at radius 1 is 1.04 bits per heavy atom.